The number of carbonyl (C=O) groups excluding carboxylic acids is 3. The molecule has 13 heteroatoms. The van der Waals surface area contributed by atoms with E-state index in [2.05, 4.69) is 20.9 Å². The normalized spacial score (nSPS) is 11.6. The van der Waals surface area contributed by atoms with Crippen LogP contribution >= 0.6 is 34.7 Å². The summed E-state index contributed by atoms with van der Waals surface area (Å²) in [5, 5.41) is 10.9. The summed E-state index contributed by atoms with van der Waals surface area (Å²) in [4.78, 5) is 46.2. The number of hydrogen-bond acceptors (Lipinski definition) is 9. The van der Waals surface area contributed by atoms with Gasteiger partial charge in [-0.25, -0.2) is 4.98 Å². The number of nitrogens with one attached hydrogen (secondary N) is 3. The first-order chi connectivity index (χ1) is 26.8. The maximum atomic E-state index is 13.8. The van der Waals surface area contributed by atoms with Crippen LogP contribution in [0.3, 0.4) is 0 Å². The number of nitrogens with zero attached hydrogens (tertiary/aromatic N) is 1. The van der Waals surface area contributed by atoms with Gasteiger partial charge in [-0.2, -0.15) is 0 Å². The van der Waals surface area contributed by atoms with Crippen molar-refractivity contribution >= 4 is 69.3 Å². The molecule has 6 aromatic rings. The highest BCUT2D eigenvalue weighted by Gasteiger charge is 2.24. The molecule has 0 fully saturated rings. The zero-order chi connectivity index (χ0) is 38.7. The van der Waals surface area contributed by atoms with Gasteiger partial charge < -0.3 is 30.2 Å². The monoisotopic (exact) mass is 790 g/mol. The van der Waals surface area contributed by atoms with Crippen molar-refractivity contribution < 1.29 is 28.6 Å². The Morgan fingerprint density at radius 2 is 1.40 bits per heavy atom. The molecule has 0 aliphatic carbocycles. The van der Waals surface area contributed by atoms with Crippen molar-refractivity contribution in [2.24, 2.45) is 0 Å². The molecule has 0 radical (unpaired) electrons. The number of rotatable bonds is 14. The first-order valence-corrected chi connectivity index (χ1v) is 18.9. The molecule has 0 saturated carbocycles. The van der Waals surface area contributed by atoms with Crippen molar-refractivity contribution in [3.05, 3.63) is 154 Å². The van der Waals surface area contributed by atoms with Crippen molar-refractivity contribution in [2.75, 3.05) is 32.0 Å². The summed E-state index contributed by atoms with van der Waals surface area (Å²) in [5.74, 6) is -0.0624. The van der Waals surface area contributed by atoms with E-state index in [1.165, 1.54) is 50.5 Å². The van der Waals surface area contributed by atoms with E-state index in [0.717, 1.165) is 16.0 Å². The lowest BCUT2D eigenvalue weighted by Gasteiger charge is -2.17. The fourth-order valence-corrected chi connectivity index (χ4v) is 7.38. The van der Waals surface area contributed by atoms with Gasteiger partial charge in [-0.1, -0.05) is 78.3 Å². The van der Waals surface area contributed by atoms with Gasteiger partial charge in [-0.05, 0) is 60.2 Å². The van der Waals surface area contributed by atoms with E-state index >= 15 is 0 Å². The lowest BCUT2D eigenvalue weighted by Crippen LogP contribution is -2.30. The second-order valence-corrected chi connectivity index (χ2v) is 14.2. The Kier molecular flexibility index (Phi) is 12.9. The number of thioether (sulfide) groups is 1. The zero-order valence-electron chi connectivity index (χ0n) is 29.9. The molecule has 278 valence electrons. The van der Waals surface area contributed by atoms with E-state index in [9.17, 15) is 14.4 Å². The lowest BCUT2D eigenvalue weighted by molar-refractivity contribution is -0.116. The second-order valence-electron chi connectivity index (χ2n) is 11.7. The Morgan fingerprint density at radius 1 is 0.764 bits per heavy atom. The highest BCUT2D eigenvalue weighted by molar-refractivity contribution is 8.00. The highest BCUT2D eigenvalue weighted by Crippen LogP contribution is 2.38. The van der Waals surface area contributed by atoms with Gasteiger partial charge in [0.15, 0.2) is 16.6 Å². The summed E-state index contributed by atoms with van der Waals surface area (Å²) < 4.78 is 16.4. The highest BCUT2D eigenvalue weighted by atomic mass is 35.5. The van der Waals surface area contributed by atoms with Crippen LogP contribution in [0.4, 0.5) is 10.8 Å². The molecular weight excluding hydrogens is 756 g/mol. The third-order valence-corrected chi connectivity index (χ3v) is 10.5. The van der Waals surface area contributed by atoms with Crippen molar-refractivity contribution in [3.63, 3.8) is 0 Å². The van der Waals surface area contributed by atoms with Gasteiger partial charge >= 0.3 is 0 Å². The fourth-order valence-electron chi connectivity index (χ4n) is 5.41. The molecule has 55 heavy (non-hydrogen) atoms. The quantitative estimate of drug-likeness (QED) is 0.0736. The Labute approximate surface area is 331 Å². The van der Waals surface area contributed by atoms with Gasteiger partial charge in [0.05, 0.1) is 27.0 Å². The van der Waals surface area contributed by atoms with Crippen molar-refractivity contribution in [3.8, 4) is 28.5 Å². The molecule has 1 heterocycles. The van der Waals surface area contributed by atoms with Gasteiger partial charge in [-0.3, -0.25) is 14.4 Å². The minimum atomic E-state index is -0.617. The largest absolute Gasteiger partial charge is 0.496 e. The molecular formula is C42H35ClN4O6S2. The Balaban J connectivity index is 1.22. The predicted molar refractivity (Wildman–Crippen MR) is 219 cm³/mol. The van der Waals surface area contributed by atoms with E-state index in [1.807, 2.05) is 66.0 Å². The first kappa shape index (κ1) is 38.6. The second kappa shape index (κ2) is 18.3. The smallest absolute Gasteiger partial charge is 0.272 e. The molecule has 1 atom stereocenters. The van der Waals surface area contributed by atoms with Crippen LogP contribution < -0.4 is 30.2 Å². The van der Waals surface area contributed by atoms with E-state index in [1.54, 1.807) is 60.7 Å². The Bertz CT molecular complexity index is 2320. The molecule has 1 aromatic heterocycles. The third kappa shape index (κ3) is 9.73. The lowest BCUT2D eigenvalue weighted by atomic mass is 10.1. The van der Waals surface area contributed by atoms with Crippen LogP contribution in [-0.4, -0.2) is 44.0 Å². The van der Waals surface area contributed by atoms with Crippen LogP contribution in [0.5, 0.6) is 17.2 Å². The van der Waals surface area contributed by atoms with Gasteiger partial charge in [-0.15, -0.1) is 23.1 Å². The number of benzene rings is 5. The summed E-state index contributed by atoms with van der Waals surface area (Å²) in [6, 6.07) is 35.8. The average Bonchev–Trinajstić information content (AvgIpc) is 3.68. The molecule has 6 rings (SSSR count). The van der Waals surface area contributed by atoms with Gasteiger partial charge in [0, 0.05) is 43.7 Å². The number of thiazole rings is 1. The number of methoxy groups -OCH3 is 3. The predicted octanol–water partition coefficient (Wildman–Crippen LogP) is 9.37. The number of carbonyl (C=O) groups is 3. The summed E-state index contributed by atoms with van der Waals surface area (Å²) in [5.41, 5.74) is 3.52. The molecule has 1 unspecified atom stereocenters. The topological polar surface area (TPSA) is 128 Å². The van der Waals surface area contributed by atoms with Crippen LogP contribution in [0.15, 0.2) is 137 Å². The standard InChI is InChI=1S/C42H35ClN4O6S2/c1-51-35-24-37(53-3)36(52-2)23-28(35)22-33(45-39(48)27-14-8-5-9-15-27)40(49)44-29-18-20-30(21-19-29)55-38(26-12-6-4-7-13-26)41(50)47-42-46-34(25-54-42)31-16-10-11-17-32(31)43/h4-25,38H,1-3H3,(H,44,49)(H,45,48)(H,46,47,50)/b33-22-. The SMILES string of the molecule is COc1cc(OC)c(OC)cc1/C=C(\NC(=O)c1ccccc1)C(=O)Nc1ccc(SC(C(=O)Nc2nc(-c3ccccc3Cl)cs2)c2ccccc2)cc1. The van der Waals surface area contributed by atoms with Crippen molar-refractivity contribution in [1.29, 1.82) is 0 Å². The molecule has 0 aliphatic heterocycles. The first-order valence-electron chi connectivity index (χ1n) is 16.8. The number of amides is 3. The Hall–Kier alpha value is -6.08. The molecule has 10 nitrogen and oxygen atoms in total. The molecule has 0 spiro atoms. The number of anilines is 2. The molecule has 3 amide bonds. The number of hydrogen-bond donors (Lipinski definition) is 3. The number of ether oxygens (including phenoxy) is 3. The van der Waals surface area contributed by atoms with Crippen LogP contribution in [0, 0.1) is 0 Å². The molecule has 3 N–H and O–H groups in total. The number of aromatic nitrogens is 1. The maximum absolute atomic E-state index is 13.8. The average molecular weight is 791 g/mol. The minimum absolute atomic E-state index is 0.0430. The summed E-state index contributed by atoms with van der Waals surface area (Å²) in [7, 11) is 4.50. The van der Waals surface area contributed by atoms with E-state index in [-0.39, 0.29) is 11.6 Å². The summed E-state index contributed by atoms with van der Waals surface area (Å²) in [6.07, 6.45) is 1.50. The van der Waals surface area contributed by atoms with E-state index in [0.29, 0.717) is 49.9 Å². The molecule has 0 bridgehead atoms. The third-order valence-electron chi connectivity index (χ3n) is 8.16. The van der Waals surface area contributed by atoms with Crippen molar-refractivity contribution in [2.45, 2.75) is 10.1 Å². The Morgan fingerprint density at radius 3 is 2.07 bits per heavy atom. The van der Waals surface area contributed by atoms with Gasteiger partial charge in [0.25, 0.3) is 11.8 Å². The fraction of sp³-hybridized carbons (Fsp3) is 0.0952. The van der Waals surface area contributed by atoms with Gasteiger partial charge in [0.1, 0.15) is 16.7 Å². The van der Waals surface area contributed by atoms with Gasteiger partial charge in [0.2, 0.25) is 5.91 Å². The van der Waals surface area contributed by atoms with E-state index in [4.69, 9.17) is 25.8 Å². The van der Waals surface area contributed by atoms with Crippen LogP contribution in [0.1, 0.15) is 26.7 Å². The number of halogens is 1. The van der Waals surface area contributed by atoms with E-state index < -0.39 is 17.1 Å². The van der Waals surface area contributed by atoms with Crippen LogP contribution in [-0.2, 0) is 9.59 Å². The summed E-state index contributed by atoms with van der Waals surface area (Å²) >= 11 is 9.05. The van der Waals surface area contributed by atoms with Crippen molar-refractivity contribution in [1.82, 2.24) is 10.3 Å². The minimum Gasteiger partial charge on any atom is -0.496 e. The zero-order valence-corrected chi connectivity index (χ0v) is 32.3. The summed E-state index contributed by atoms with van der Waals surface area (Å²) in [6.45, 7) is 0. The maximum Gasteiger partial charge on any atom is 0.272 e. The molecule has 0 saturated heterocycles. The van der Waals surface area contributed by atoms with Crippen LogP contribution in [0.25, 0.3) is 17.3 Å². The van der Waals surface area contributed by atoms with Crippen LogP contribution in [0.2, 0.25) is 5.02 Å². The molecule has 0 aliphatic rings. The molecule has 5 aromatic carbocycles.